The number of aromatic nitrogens is 1. The van der Waals surface area contributed by atoms with Gasteiger partial charge in [0.25, 0.3) is 5.91 Å². The van der Waals surface area contributed by atoms with E-state index >= 15 is 0 Å². The Morgan fingerprint density at radius 3 is 2.48 bits per heavy atom. The van der Waals surface area contributed by atoms with Gasteiger partial charge in [0.05, 0.1) is 10.7 Å². The number of para-hydroxylation sites is 1. The van der Waals surface area contributed by atoms with Crippen molar-refractivity contribution < 1.29 is 13.6 Å². The number of benzene rings is 2. The first-order valence-corrected chi connectivity index (χ1v) is 7.65. The maximum absolute atomic E-state index is 13.3. The third-order valence-electron chi connectivity index (χ3n) is 3.32. The zero-order valence-corrected chi connectivity index (χ0v) is 13.5. The van der Waals surface area contributed by atoms with Gasteiger partial charge in [0, 0.05) is 23.6 Å². The number of anilines is 3. The third kappa shape index (κ3) is 4.10. The minimum atomic E-state index is -0.962. The molecule has 2 N–H and O–H groups in total. The van der Waals surface area contributed by atoms with Crippen molar-refractivity contribution in [3.8, 4) is 0 Å². The maximum Gasteiger partial charge on any atom is 0.274 e. The van der Waals surface area contributed by atoms with Gasteiger partial charge in [0.2, 0.25) is 0 Å². The van der Waals surface area contributed by atoms with Gasteiger partial charge in [-0.2, -0.15) is 0 Å². The molecule has 4 nitrogen and oxygen atoms in total. The second-order valence-corrected chi connectivity index (χ2v) is 5.52. The summed E-state index contributed by atoms with van der Waals surface area (Å²) >= 11 is 6.01. The Morgan fingerprint density at radius 1 is 0.960 bits per heavy atom. The second kappa shape index (κ2) is 7.27. The van der Waals surface area contributed by atoms with Gasteiger partial charge < -0.3 is 10.6 Å². The number of hydrogen-bond donors (Lipinski definition) is 2. The van der Waals surface area contributed by atoms with Gasteiger partial charge in [-0.1, -0.05) is 23.7 Å². The van der Waals surface area contributed by atoms with E-state index in [2.05, 4.69) is 15.6 Å². The first-order chi connectivity index (χ1) is 12.0. The van der Waals surface area contributed by atoms with Gasteiger partial charge in [-0.05, 0) is 36.4 Å². The normalized spacial score (nSPS) is 10.4. The molecule has 0 aliphatic rings. The summed E-state index contributed by atoms with van der Waals surface area (Å²) < 4.78 is 26.2. The summed E-state index contributed by atoms with van der Waals surface area (Å²) in [6, 6.07) is 13.4. The molecule has 0 fully saturated rings. The largest absolute Gasteiger partial charge is 0.355 e. The van der Waals surface area contributed by atoms with Crippen molar-refractivity contribution in [2.24, 2.45) is 0 Å². The molecule has 3 aromatic rings. The van der Waals surface area contributed by atoms with E-state index in [1.807, 2.05) is 0 Å². The molecule has 1 amide bonds. The van der Waals surface area contributed by atoms with E-state index in [1.165, 1.54) is 18.3 Å². The van der Waals surface area contributed by atoms with Crippen molar-refractivity contribution in [3.05, 3.63) is 83.1 Å². The quantitative estimate of drug-likeness (QED) is 0.688. The summed E-state index contributed by atoms with van der Waals surface area (Å²) in [5.41, 5.74) is 1.47. The second-order valence-electron chi connectivity index (χ2n) is 5.12. The van der Waals surface area contributed by atoms with E-state index in [1.54, 1.807) is 30.3 Å². The Hall–Kier alpha value is -2.99. The van der Waals surface area contributed by atoms with E-state index in [0.29, 0.717) is 22.1 Å². The third-order valence-corrected chi connectivity index (χ3v) is 3.65. The SMILES string of the molecule is O=C(Nc1ccccc1Cl)c1cc(Nc2ccc(F)c(F)c2)ccn1. The molecule has 0 atom stereocenters. The van der Waals surface area contributed by atoms with Crippen molar-refractivity contribution >= 4 is 34.6 Å². The van der Waals surface area contributed by atoms with E-state index in [4.69, 9.17) is 11.6 Å². The summed E-state index contributed by atoms with van der Waals surface area (Å²) in [4.78, 5) is 16.3. The monoisotopic (exact) mass is 359 g/mol. The van der Waals surface area contributed by atoms with Crippen LogP contribution in [-0.2, 0) is 0 Å². The molecule has 25 heavy (non-hydrogen) atoms. The number of rotatable bonds is 4. The van der Waals surface area contributed by atoms with Crippen molar-refractivity contribution in [3.63, 3.8) is 0 Å². The number of hydrogen-bond acceptors (Lipinski definition) is 3. The van der Waals surface area contributed by atoms with E-state index < -0.39 is 17.5 Å². The van der Waals surface area contributed by atoms with E-state index in [0.717, 1.165) is 12.1 Å². The number of halogens is 3. The van der Waals surface area contributed by atoms with Crippen LogP contribution in [-0.4, -0.2) is 10.9 Å². The summed E-state index contributed by atoms with van der Waals surface area (Å²) in [6.45, 7) is 0. The van der Waals surface area contributed by atoms with E-state index in [9.17, 15) is 13.6 Å². The number of carbonyl (C=O) groups excluding carboxylic acids is 1. The van der Waals surface area contributed by atoms with Crippen LogP contribution in [0.2, 0.25) is 5.02 Å². The van der Waals surface area contributed by atoms with Crippen LogP contribution in [0.3, 0.4) is 0 Å². The Morgan fingerprint density at radius 2 is 1.72 bits per heavy atom. The first-order valence-electron chi connectivity index (χ1n) is 7.27. The van der Waals surface area contributed by atoms with Crippen LogP contribution in [0.15, 0.2) is 60.8 Å². The minimum absolute atomic E-state index is 0.146. The topological polar surface area (TPSA) is 54.0 Å². The number of nitrogens with one attached hydrogen (secondary N) is 2. The lowest BCUT2D eigenvalue weighted by Crippen LogP contribution is -2.14. The highest BCUT2D eigenvalue weighted by atomic mass is 35.5. The molecular weight excluding hydrogens is 348 g/mol. The van der Waals surface area contributed by atoms with Crippen LogP contribution in [0.25, 0.3) is 0 Å². The standard InChI is InChI=1S/C18H12ClF2N3O/c19-13-3-1-2-4-16(13)24-18(25)17-10-12(7-8-22-17)23-11-5-6-14(20)15(21)9-11/h1-10H,(H,22,23)(H,24,25). The van der Waals surface area contributed by atoms with Gasteiger partial charge in [-0.25, -0.2) is 8.78 Å². The maximum atomic E-state index is 13.3. The Bertz CT molecular complexity index is 934. The van der Waals surface area contributed by atoms with Crippen LogP contribution in [0.4, 0.5) is 25.8 Å². The minimum Gasteiger partial charge on any atom is -0.355 e. The van der Waals surface area contributed by atoms with Gasteiger partial charge in [-0.15, -0.1) is 0 Å². The van der Waals surface area contributed by atoms with Crippen molar-refractivity contribution in [2.45, 2.75) is 0 Å². The van der Waals surface area contributed by atoms with Crippen LogP contribution in [0, 0.1) is 11.6 Å². The molecule has 3 rings (SSSR count). The summed E-state index contributed by atoms with van der Waals surface area (Å²) in [5, 5.41) is 5.96. The lowest BCUT2D eigenvalue weighted by Gasteiger charge is -2.09. The van der Waals surface area contributed by atoms with Crippen LogP contribution >= 0.6 is 11.6 Å². The summed E-state index contributed by atoms with van der Waals surface area (Å²) in [7, 11) is 0. The molecule has 1 heterocycles. The average Bonchev–Trinajstić information content (AvgIpc) is 2.60. The molecule has 0 radical (unpaired) electrons. The average molecular weight is 360 g/mol. The fourth-order valence-corrected chi connectivity index (χ4v) is 2.30. The molecule has 0 spiro atoms. The van der Waals surface area contributed by atoms with Crippen LogP contribution < -0.4 is 10.6 Å². The Kier molecular flexibility index (Phi) is 4.90. The van der Waals surface area contributed by atoms with Gasteiger partial charge >= 0.3 is 0 Å². The Labute approximate surface area is 147 Å². The molecule has 0 saturated carbocycles. The Balaban J connectivity index is 1.77. The first kappa shape index (κ1) is 16.9. The molecular formula is C18H12ClF2N3O. The molecule has 7 heteroatoms. The zero-order valence-electron chi connectivity index (χ0n) is 12.8. The predicted octanol–water partition coefficient (Wildman–Crippen LogP) is 5.01. The molecule has 126 valence electrons. The lowest BCUT2D eigenvalue weighted by atomic mass is 10.2. The van der Waals surface area contributed by atoms with Gasteiger partial charge in [0.15, 0.2) is 11.6 Å². The molecule has 2 aromatic carbocycles. The van der Waals surface area contributed by atoms with E-state index in [-0.39, 0.29) is 5.69 Å². The van der Waals surface area contributed by atoms with Crippen LogP contribution in [0.5, 0.6) is 0 Å². The van der Waals surface area contributed by atoms with Crippen molar-refractivity contribution in [1.82, 2.24) is 4.98 Å². The van der Waals surface area contributed by atoms with Gasteiger partial charge in [0.1, 0.15) is 5.69 Å². The fourth-order valence-electron chi connectivity index (χ4n) is 2.12. The molecule has 0 aliphatic heterocycles. The smallest absolute Gasteiger partial charge is 0.274 e. The number of amides is 1. The number of nitrogens with zero attached hydrogens (tertiary/aromatic N) is 1. The fraction of sp³-hybridized carbons (Fsp3) is 0. The molecule has 0 aliphatic carbocycles. The highest BCUT2D eigenvalue weighted by molar-refractivity contribution is 6.33. The lowest BCUT2D eigenvalue weighted by molar-refractivity contribution is 0.102. The predicted molar refractivity (Wildman–Crippen MR) is 93.3 cm³/mol. The van der Waals surface area contributed by atoms with Crippen molar-refractivity contribution in [1.29, 1.82) is 0 Å². The van der Waals surface area contributed by atoms with Crippen molar-refractivity contribution in [2.75, 3.05) is 10.6 Å². The molecule has 1 aromatic heterocycles. The molecule has 0 bridgehead atoms. The number of pyridine rings is 1. The highest BCUT2D eigenvalue weighted by Crippen LogP contribution is 2.22. The van der Waals surface area contributed by atoms with Crippen LogP contribution in [0.1, 0.15) is 10.5 Å². The molecule has 0 unspecified atom stereocenters. The number of carbonyl (C=O) groups is 1. The van der Waals surface area contributed by atoms with Gasteiger partial charge in [-0.3, -0.25) is 9.78 Å². The zero-order chi connectivity index (χ0) is 17.8. The summed E-state index contributed by atoms with van der Waals surface area (Å²) in [5.74, 6) is -2.34. The molecule has 0 saturated heterocycles. The highest BCUT2D eigenvalue weighted by Gasteiger charge is 2.11. The summed E-state index contributed by atoms with van der Waals surface area (Å²) in [6.07, 6.45) is 1.43.